The molecule has 1 unspecified atom stereocenters. The van der Waals surface area contributed by atoms with Crippen LogP contribution in [-0.2, 0) is 0 Å². The topological polar surface area (TPSA) is 74.5 Å². The first-order valence-corrected chi connectivity index (χ1v) is 6.62. The summed E-state index contributed by atoms with van der Waals surface area (Å²) in [7, 11) is 3.11. The minimum absolute atomic E-state index is 0.0955. The minimum atomic E-state index is -0.472. The number of hydrogen-bond donors (Lipinski definition) is 2. The number of nitrogens with one attached hydrogen (secondary N) is 1. The quantitative estimate of drug-likeness (QED) is 0.749. The first-order valence-electron chi connectivity index (χ1n) is 5.83. The van der Waals surface area contributed by atoms with Gasteiger partial charge >= 0.3 is 0 Å². The molecule has 0 spiro atoms. The van der Waals surface area contributed by atoms with Crippen molar-refractivity contribution in [3.63, 3.8) is 0 Å². The lowest BCUT2D eigenvalue weighted by Crippen LogP contribution is -2.22. The molecule has 6 heteroatoms. The van der Waals surface area contributed by atoms with E-state index in [0.717, 1.165) is 10.0 Å². The average Bonchev–Trinajstić information content (AvgIpc) is 2.44. The molecule has 2 N–H and O–H groups in total. The molecule has 0 radical (unpaired) electrons. The van der Waals surface area contributed by atoms with Crippen LogP contribution in [0.5, 0.6) is 11.5 Å². The van der Waals surface area contributed by atoms with Crippen LogP contribution in [-0.4, -0.2) is 32.5 Å². The molecule has 19 heavy (non-hydrogen) atoms. The van der Waals surface area contributed by atoms with Gasteiger partial charge < -0.3 is 14.6 Å². The predicted octanol–water partition coefficient (Wildman–Crippen LogP) is 2.00. The fourth-order valence-electron chi connectivity index (χ4n) is 1.64. The number of hydrogen-bond acceptors (Lipinski definition) is 5. The van der Waals surface area contributed by atoms with E-state index in [4.69, 9.17) is 14.6 Å². The van der Waals surface area contributed by atoms with Crippen LogP contribution in [0.1, 0.15) is 18.0 Å². The van der Waals surface area contributed by atoms with Crippen molar-refractivity contribution in [2.24, 2.45) is 0 Å². The molecule has 0 aliphatic rings. The van der Waals surface area contributed by atoms with Gasteiger partial charge in [0.2, 0.25) is 0 Å². The number of aliphatic hydroxyl groups excluding tert-OH is 1. The molecular formula is C13H17BrN2O3. The van der Waals surface area contributed by atoms with Crippen molar-refractivity contribution in [2.75, 3.05) is 27.4 Å². The highest BCUT2D eigenvalue weighted by Crippen LogP contribution is 2.35. The third-order valence-corrected chi connectivity index (χ3v) is 3.31. The van der Waals surface area contributed by atoms with E-state index in [1.165, 1.54) is 0 Å². The second-order valence-electron chi connectivity index (χ2n) is 3.82. The van der Waals surface area contributed by atoms with Gasteiger partial charge in [-0.25, -0.2) is 0 Å². The Balaban J connectivity index is 3.00. The molecule has 5 nitrogen and oxygen atoms in total. The molecule has 1 aromatic carbocycles. The fraction of sp³-hybridized carbons (Fsp3) is 0.462. The minimum Gasteiger partial charge on any atom is -0.493 e. The summed E-state index contributed by atoms with van der Waals surface area (Å²) >= 11 is 3.43. The highest BCUT2D eigenvalue weighted by atomic mass is 79.9. The Morgan fingerprint density at radius 3 is 2.53 bits per heavy atom. The van der Waals surface area contributed by atoms with Crippen LogP contribution in [0.2, 0.25) is 0 Å². The third kappa shape index (κ3) is 4.10. The molecule has 0 heterocycles. The average molecular weight is 329 g/mol. The Labute approximate surface area is 121 Å². The van der Waals surface area contributed by atoms with Crippen LogP contribution in [0.15, 0.2) is 16.6 Å². The molecule has 1 rings (SSSR count). The van der Waals surface area contributed by atoms with Crippen LogP contribution in [0.3, 0.4) is 0 Å². The summed E-state index contributed by atoms with van der Waals surface area (Å²) in [5.41, 5.74) is 0.776. The van der Waals surface area contributed by atoms with Crippen LogP contribution in [0, 0.1) is 11.3 Å². The molecule has 0 aliphatic heterocycles. The highest BCUT2D eigenvalue weighted by Gasteiger charge is 2.17. The normalized spacial score (nSPS) is 11.7. The lowest BCUT2D eigenvalue weighted by molar-refractivity contribution is 0.285. The SMILES string of the molecule is COc1cc(Br)c(C(C#N)NCCCO)cc1OC. The molecule has 0 aromatic heterocycles. The monoisotopic (exact) mass is 328 g/mol. The molecule has 0 amide bonds. The number of aliphatic hydroxyl groups is 1. The fourth-order valence-corrected chi connectivity index (χ4v) is 2.19. The maximum absolute atomic E-state index is 9.23. The standard InChI is InChI=1S/C13H17BrN2O3/c1-18-12-6-9(10(14)7-13(12)19-2)11(8-15)16-4-3-5-17/h6-7,11,16-17H,3-5H2,1-2H3. The molecule has 1 atom stereocenters. The molecule has 0 fully saturated rings. The summed E-state index contributed by atoms with van der Waals surface area (Å²) in [5.74, 6) is 1.18. The van der Waals surface area contributed by atoms with Crippen molar-refractivity contribution >= 4 is 15.9 Å². The summed E-state index contributed by atoms with van der Waals surface area (Å²) in [6.45, 7) is 0.660. The highest BCUT2D eigenvalue weighted by molar-refractivity contribution is 9.10. The number of benzene rings is 1. The van der Waals surface area contributed by atoms with Crippen molar-refractivity contribution in [1.82, 2.24) is 5.32 Å². The van der Waals surface area contributed by atoms with Gasteiger partial charge in [-0.2, -0.15) is 5.26 Å². The zero-order valence-electron chi connectivity index (χ0n) is 10.9. The van der Waals surface area contributed by atoms with Gasteiger partial charge in [-0.15, -0.1) is 0 Å². The first kappa shape index (κ1) is 15.8. The molecule has 0 bridgehead atoms. The summed E-state index contributed by atoms with van der Waals surface area (Å²) in [4.78, 5) is 0. The lowest BCUT2D eigenvalue weighted by atomic mass is 10.1. The largest absolute Gasteiger partial charge is 0.493 e. The Kier molecular flexibility index (Phi) is 6.64. The van der Waals surface area contributed by atoms with Gasteiger partial charge in [0, 0.05) is 16.6 Å². The van der Waals surface area contributed by atoms with Gasteiger partial charge in [0.1, 0.15) is 6.04 Å². The van der Waals surface area contributed by atoms with Crippen molar-refractivity contribution in [3.05, 3.63) is 22.2 Å². The molecule has 0 aliphatic carbocycles. The maximum atomic E-state index is 9.23. The summed E-state index contributed by atoms with van der Waals surface area (Å²) < 4.78 is 11.2. The van der Waals surface area contributed by atoms with Crippen LogP contribution in [0.25, 0.3) is 0 Å². The van der Waals surface area contributed by atoms with E-state index in [2.05, 4.69) is 27.3 Å². The van der Waals surface area contributed by atoms with E-state index in [0.29, 0.717) is 24.5 Å². The van der Waals surface area contributed by atoms with Gasteiger partial charge in [-0.05, 0) is 25.1 Å². The third-order valence-electron chi connectivity index (χ3n) is 2.63. The zero-order chi connectivity index (χ0) is 14.3. The van der Waals surface area contributed by atoms with Crippen molar-refractivity contribution in [1.29, 1.82) is 5.26 Å². The first-order chi connectivity index (χ1) is 9.17. The van der Waals surface area contributed by atoms with E-state index in [1.807, 2.05) is 0 Å². The number of halogens is 1. The Hall–Kier alpha value is -1.29. The van der Waals surface area contributed by atoms with Crippen LogP contribution < -0.4 is 14.8 Å². The smallest absolute Gasteiger partial charge is 0.161 e. The molecular weight excluding hydrogens is 312 g/mol. The molecule has 0 saturated carbocycles. The molecule has 104 valence electrons. The molecule has 1 aromatic rings. The lowest BCUT2D eigenvalue weighted by Gasteiger charge is -2.16. The van der Waals surface area contributed by atoms with Gasteiger partial charge in [0.05, 0.1) is 20.3 Å². The van der Waals surface area contributed by atoms with Gasteiger partial charge in [0.15, 0.2) is 11.5 Å². The number of rotatable bonds is 7. The Bertz CT molecular complexity index is 460. The second kappa shape index (κ2) is 8.00. The summed E-state index contributed by atoms with van der Waals surface area (Å²) in [6.07, 6.45) is 0.600. The summed E-state index contributed by atoms with van der Waals surface area (Å²) in [6, 6.07) is 5.25. The number of nitriles is 1. The Morgan fingerprint density at radius 2 is 2.00 bits per heavy atom. The van der Waals surface area contributed by atoms with Gasteiger partial charge in [-0.1, -0.05) is 15.9 Å². The van der Waals surface area contributed by atoms with Crippen LogP contribution >= 0.6 is 15.9 Å². The van der Waals surface area contributed by atoms with E-state index in [9.17, 15) is 5.26 Å². The number of methoxy groups -OCH3 is 2. The predicted molar refractivity (Wildman–Crippen MR) is 75.3 cm³/mol. The van der Waals surface area contributed by atoms with Gasteiger partial charge in [0.25, 0.3) is 0 Å². The van der Waals surface area contributed by atoms with E-state index >= 15 is 0 Å². The number of ether oxygens (including phenoxy) is 2. The van der Waals surface area contributed by atoms with Crippen molar-refractivity contribution in [3.8, 4) is 17.6 Å². The van der Waals surface area contributed by atoms with Gasteiger partial charge in [-0.3, -0.25) is 5.32 Å². The van der Waals surface area contributed by atoms with Crippen molar-refractivity contribution < 1.29 is 14.6 Å². The van der Waals surface area contributed by atoms with Crippen LogP contribution in [0.4, 0.5) is 0 Å². The van der Waals surface area contributed by atoms with Crippen molar-refractivity contribution in [2.45, 2.75) is 12.5 Å². The zero-order valence-corrected chi connectivity index (χ0v) is 12.5. The summed E-state index contributed by atoms with van der Waals surface area (Å²) in [5, 5.41) is 21.1. The van der Waals surface area contributed by atoms with E-state index in [-0.39, 0.29) is 6.61 Å². The number of nitrogens with zero attached hydrogens (tertiary/aromatic N) is 1. The maximum Gasteiger partial charge on any atom is 0.161 e. The molecule has 0 saturated heterocycles. The van der Waals surface area contributed by atoms with E-state index in [1.54, 1.807) is 26.4 Å². The Morgan fingerprint density at radius 1 is 1.37 bits per heavy atom. The van der Waals surface area contributed by atoms with E-state index < -0.39 is 6.04 Å². The second-order valence-corrected chi connectivity index (χ2v) is 4.68.